The summed E-state index contributed by atoms with van der Waals surface area (Å²) in [5.41, 5.74) is 9.92. The maximum absolute atomic E-state index is 2.32. The van der Waals surface area contributed by atoms with Gasteiger partial charge in [0.15, 0.2) is 0 Å². The van der Waals surface area contributed by atoms with Gasteiger partial charge in [-0.05, 0) is 95.0 Å². The van der Waals surface area contributed by atoms with Crippen molar-refractivity contribution in [3.63, 3.8) is 0 Å². The van der Waals surface area contributed by atoms with Gasteiger partial charge in [-0.2, -0.15) is 0 Å². The molecule has 0 amide bonds. The molecule has 196 valence electrons. The molecule has 0 aliphatic heterocycles. The van der Waals surface area contributed by atoms with Crippen molar-refractivity contribution >= 4 is 32.3 Å². The van der Waals surface area contributed by atoms with E-state index in [1.54, 1.807) is 0 Å². The Bertz CT molecular complexity index is 2240. The number of rotatable bonds is 4. The summed E-state index contributed by atoms with van der Waals surface area (Å²) in [6.45, 7) is 0. The first-order valence-corrected chi connectivity index (χ1v) is 14.5. The first kappa shape index (κ1) is 24.3. The molecule has 0 bridgehead atoms. The second-order valence-corrected chi connectivity index (χ2v) is 11.0. The van der Waals surface area contributed by atoms with Gasteiger partial charge in [-0.15, -0.1) is 0 Å². The van der Waals surface area contributed by atoms with Gasteiger partial charge in [0.25, 0.3) is 0 Å². The van der Waals surface area contributed by atoms with E-state index in [0.717, 1.165) is 0 Å². The van der Waals surface area contributed by atoms with Gasteiger partial charge < -0.3 is 0 Å². The molecule has 0 fully saturated rings. The van der Waals surface area contributed by atoms with Crippen molar-refractivity contribution in [2.75, 3.05) is 0 Å². The zero-order valence-corrected chi connectivity index (χ0v) is 23.2. The Hall–Kier alpha value is -5.46. The van der Waals surface area contributed by atoms with Gasteiger partial charge in [0, 0.05) is 0 Å². The second kappa shape index (κ2) is 10.2. The predicted octanol–water partition coefficient (Wildman–Crippen LogP) is 11.8. The third kappa shape index (κ3) is 4.35. The molecule has 0 radical (unpaired) electrons. The molecule has 8 aromatic carbocycles. The Kier molecular flexibility index (Phi) is 5.90. The van der Waals surface area contributed by atoms with Crippen molar-refractivity contribution in [1.82, 2.24) is 0 Å². The Morgan fingerprint density at radius 1 is 0.214 bits per heavy atom. The number of benzene rings is 8. The quantitative estimate of drug-likeness (QED) is 0.211. The molecule has 0 spiro atoms. The molecule has 0 saturated carbocycles. The van der Waals surface area contributed by atoms with E-state index in [9.17, 15) is 0 Å². The van der Waals surface area contributed by atoms with Crippen LogP contribution in [0.3, 0.4) is 0 Å². The Morgan fingerprint density at radius 2 is 0.643 bits per heavy atom. The van der Waals surface area contributed by atoms with Gasteiger partial charge in [0.05, 0.1) is 0 Å². The van der Waals surface area contributed by atoms with E-state index in [1.807, 2.05) is 0 Å². The van der Waals surface area contributed by atoms with Crippen LogP contribution in [0.5, 0.6) is 0 Å². The predicted molar refractivity (Wildman–Crippen MR) is 181 cm³/mol. The lowest BCUT2D eigenvalue weighted by molar-refractivity contribution is 1.60. The van der Waals surface area contributed by atoms with E-state index in [-0.39, 0.29) is 0 Å². The fraction of sp³-hybridized carbons (Fsp3) is 0. The van der Waals surface area contributed by atoms with Crippen LogP contribution >= 0.6 is 0 Å². The minimum atomic E-state index is 1.23. The lowest BCUT2D eigenvalue weighted by atomic mass is 9.91. The molecule has 0 aliphatic carbocycles. The maximum Gasteiger partial charge on any atom is -0.00992 e. The molecule has 0 nitrogen and oxygen atoms in total. The highest BCUT2D eigenvalue weighted by molar-refractivity contribution is 6.05. The third-order valence-electron chi connectivity index (χ3n) is 8.46. The van der Waals surface area contributed by atoms with Gasteiger partial charge in [0.2, 0.25) is 0 Å². The lowest BCUT2D eigenvalue weighted by Crippen LogP contribution is -1.87. The second-order valence-electron chi connectivity index (χ2n) is 11.0. The highest BCUT2D eigenvalue weighted by Crippen LogP contribution is 2.37. The van der Waals surface area contributed by atoms with E-state index in [4.69, 9.17) is 0 Å². The summed E-state index contributed by atoms with van der Waals surface area (Å²) in [4.78, 5) is 0. The molecule has 0 aliphatic rings. The van der Waals surface area contributed by atoms with Crippen molar-refractivity contribution in [1.29, 1.82) is 0 Å². The topological polar surface area (TPSA) is 0 Å². The van der Waals surface area contributed by atoms with Gasteiger partial charge >= 0.3 is 0 Å². The fourth-order valence-corrected chi connectivity index (χ4v) is 6.26. The molecule has 42 heavy (non-hydrogen) atoms. The van der Waals surface area contributed by atoms with Crippen LogP contribution in [0.15, 0.2) is 170 Å². The summed E-state index contributed by atoms with van der Waals surface area (Å²) in [6.07, 6.45) is 0. The summed E-state index contributed by atoms with van der Waals surface area (Å²) in [5.74, 6) is 0. The van der Waals surface area contributed by atoms with Gasteiger partial charge in [-0.3, -0.25) is 0 Å². The average Bonchev–Trinajstić information content (AvgIpc) is 3.07. The highest BCUT2D eigenvalue weighted by Gasteiger charge is 2.10. The molecule has 0 heterocycles. The van der Waals surface area contributed by atoms with Crippen LogP contribution in [0.1, 0.15) is 0 Å². The van der Waals surface area contributed by atoms with Gasteiger partial charge in [0.1, 0.15) is 0 Å². The summed E-state index contributed by atoms with van der Waals surface area (Å²) >= 11 is 0. The van der Waals surface area contributed by atoms with E-state index in [2.05, 4.69) is 170 Å². The SMILES string of the molecule is c1cc(-c2ccc3ccccc3c2)cc(-c2cccc3c(-c4ccc(-c5ccc6ccccc6c5)cc4)cccc23)c1. The number of hydrogen-bond donors (Lipinski definition) is 0. The van der Waals surface area contributed by atoms with Crippen LogP contribution in [-0.2, 0) is 0 Å². The van der Waals surface area contributed by atoms with Crippen molar-refractivity contribution in [3.8, 4) is 44.5 Å². The van der Waals surface area contributed by atoms with Crippen LogP contribution in [-0.4, -0.2) is 0 Å². The monoisotopic (exact) mass is 532 g/mol. The van der Waals surface area contributed by atoms with E-state index in [1.165, 1.54) is 76.8 Å². The fourth-order valence-electron chi connectivity index (χ4n) is 6.26. The lowest BCUT2D eigenvalue weighted by Gasteiger charge is -2.13. The zero-order chi connectivity index (χ0) is 27.9. The maximum atomic E-state index is 2.32. The normalized spacial score (nSPS) is 11.3. The minimum absolute atomic E-state index is 1.23. The first-order valence-electron chi connectivity index (χ1n) is 14.5. The Balaban J connectivity index is 1.17. The van der Waals surface area contributed by atoms with Crippen LogP contribution in [0.25, 0.3) is 76.8 Å². The molecule has 0 heteroatoms. The van der Waals surface area contributed by atoms with E-state index in [0.29, 0.717) is 0 Å². The number of hydrogen-bond acceptors (Lipinski definition) is 0. The largest absolute Gasteiger partial charge is 0.0616 e. The summed E-state index contributed by atoms with van der Waals surface area (Å²) < 4.78 is 0. The standard InChI is InChI=1S/C42H28/c1-3-10-33-26-36(24-20-29(33)8-1)31-18-22-32(23-19-31)39-14-6-17-42-40(15-7-16-41(39)42)38-13-5-12-35(28-38)37-25-21-30-9-2-4-11-34(30)27-37/h1-28H. The molecular formula is C42H28. The summed E-state index contributed by atoms with van der Waals surface area (Å²) in [7, 11) is 0. The van der Waals surface area contributed by atoms with Gasteiger partial charge in [-0.1, -0.05) is 152 Å². The third-order valence-corrected chi connectivity index (χ3v) is 8.46. The molecule has 0 N–H and O–H groups in total. The van der Waals surface area contributed by atoms with Crippen LogP contribution < -0.4 is 0 Å². The van der Waals surface area contributed by atoms with E-state index >= 15 is 0 Å². The van der Waals surface area contributed by atoms with Gasteiger partial charge in [-0.25, -0.2) is 0 Å². The molecular weight excluding hydrogens is 504 g/mol. The van der Waals surface area contributed by atoms with Crippen molar-refractivity contribution in [3.05, 3.63) is 170 Å². The minimum Gasteiger partial charge on any atom is -0.0616 e. The molecule has 0 atom stereocenters. The van der Waals surface area contributed by atoms with Crippen LogP contribution in [0.2, 0.25) is 0 Å². The average molecular weight is 533 g/mol. The zero-order valence-electron chi connectivity index (χ0n) is 23.2. The van der Waals surface area contributed by atoms with Crippen LogP contribution in [0, 0.1) is 0 Å². The molecule has 8 aromatic rings. The molecule has 0 unspecified atom stereocenters. The summed E-state index contributed by atoms with van der Waals surface area (Å²) in [5, 5.41) is 7.61. The van der Waals surface area contributed by atoms with Crippen LogP contribution in [0.4, 0.5) is 0 Å². The number of fused-ring (bicyclic) bond motifs is 3. The Morgan fingerprint density at radius 3 is 1.26 bits per heavy atom. The molecule has 0 saturated heterocycles. The van der Waals surface area contributed by atoms with Crippen molar-refractivity contribution < 1.29 is 0 Å². The smallest absolute Gasteiger partial charge is 0.00992 e. The molecule has 0 aromatic heterocycles. The first-order chi connectivity index (χ1) is 20.8. The Labute approximate surface area is 246 Å². The highest BCUT2D eigenvalue weighted by atomic mass is 14.1. The van der Waals surface area contributed by atoms with Crippen molar-refractivity contribution in [2.45, 2.75) is 0 Å². The summed E-state index contributed by atoms with van der Waals surface area (Å²) in [6, 6.07) is 61.8. The van der Waals surface area contributed by atoms with Crippen molar-refractivity contribution in [2.24, 2.45) is 0 Å². The van der Waals surface area contributed by atoms with E-state index < -0.39 is 0 Å². The molecule has 8 rings (SSSR count).